The molecule has 0 aliphatic heterocycles. The molecule has 4 nitrogen and oxygen atoms in total. The molecule has 0 saturated carbocycles. The summed E-state index contributed by atoms with van der Waals surface area (Å²) < 4.78 is 5.83. The molecule has 0 saturated heterocycles. The van der Waals surface area contributed by atoms with E-state index in [-0.39, 0.29) is 0 Å². The van der Waals surface area contributed by atoms with Crippen LogP contribution >= 0.6 is 11.3 Å². The van der Waals surface area contributed by atoms with Crippen LogP contribution in [0.4, 0.5) is 0 Å². The maximum absolute atomic E-state index is 5.83. The van der Waals surface area contributed by atoms with Crippen molar-refractivity contribution in [1.29, 1.82) is 0 Å². The van der Waals surface area contributed by atoms with E-state index in [4.69, 9.17) is 10.2 Å². The Bertz CT molecular complexity index is 729. The molecule has 3 aromatic rings. The Balaban J connectivity index is 2.07. The summed E-state index contributed by atoms with van der Waals surface area (Å²) >= 11 is 1.60. The van der Waals surface area contributed by atoms with E-state index < -0.39 is 0 Å². The van der Waals surface area contributed by atoms with E-state index in [1.807, 2.05) is 18.4 Å². The molecule has 2 heterocycles. The summed E-state index contributed by atoms with van der Waals surface area (Å²) in [4.78, 5) is 9.02. The first-order chi connectivity index (χ1) is 9.17. The van der Waals surface area contributed by atoms with Crippen molar-refractivity contribution in [3.05, 3.63) is 33.6 Å². The van der Waals surface area contributed by atoms with Gasteiger partial charge in [-0.25, -0.2) is 9.97 Å². The van der Waals surface area contributed by atoms with Crippen LogP contribution in [0.2, 0.25) is 0 Å². The molecule has 2 N–H and O–H groups in total. The summed E-state index contributed by atoms with van der Waals surface area (Å²) in [6.07, 6.45) is 0.795. The van der Waals surface area contributed by atoms with Gasteiger partial charge in [0.1, 0.15) is 11.2 Å². The predicted molar refractivity (Wildman–Crippen MR) is 77.3 cm³/mol. The zero-order valence-electron chi connectivity index (χ0n) is 10.9. The lowest BCUT2D eigenvalue weighted by Crippen LogP contribution is -2.01. The number of aryl methyl sites for hydroxylation is 2. The molecule has 0 bridgehead atoms. The first-order valence-electron chi connectivity index (χ1n) is 6.20. The van der Waals surface area contributed by atoms with Gasteiger partial charge in [-0.15, -0.1) is 11.3 Å². The molecule has 98 valence electrons. The molecule has 2 aromatic heterocycles. The van der Waals surface area contributed by atoms with Gasteiger partial charge in [-0.2, -0.15) is 0 Å². The number of hydrogen-bond acceptors (Lipinski definition) is 5. The second-order valence-electron chi connectivity index (χ2n) is 4.61. The highest BCUT2D eigenvalue weighted by Crippen LogP contribution is 2.28. The molecule has 0 spiro atoms. The molecule has 0 aliphatic carbocycles. The number of hydrogen-bond donors (Lipinski definition) is 1. The standard InChI is InChI=1S/C14H15N3OS/c1-8-5-9(2)13-10(6-8)17-14(18-13)11-7-19-12(16-11)3-4-15/h5-7H,3-4,15H2,1-2H3. The minimum Gasteiger partial charge on any atom is -0.434 e. The third kappa shape index (κ3) is 2.27. The van der Waals surface area contributed by atoms with Gasteiger partial charge in [0.05, 0.1) is 5.01 Å². The number of rotatable bonds is 3. The van der Waals surface area contributed by atoms with Gasteiger partial charge in [0.2, 0.25) is 5.89 Å². The van der Waals surface area contributed by atoms with Crippen LogP contribution in [0.1, 0.15) is 16.1 Å². The van der Waals surface area contributed by atoms with Crippen molar-refractivity contribution in [2.45, 2.75) is 20.3 Å². The lowest BCUT2D eigenvalue weighted by Gasteiger charge is -1.94. The highest BCUT2D eigenvalue weighted by Gasteiger charge is 2.13. The average Bonchev–Trinajstić information content (AvgIpc) is 2.95. The van der Waals surface area contributed by atoms with Crippen LogP contribution in [-0.4, -0.2) is 16.5 Å². The number of thiazole rings is 1. The van der Waals surface area contributed by atoms with E-state index in [1.54, 1.807) is 11.3 Å². The summed E-state index contributed by atoms with van der Waals surface area (Å²) in [5.41, 5.74) is 10.3. The Morgan fingerprint density at radius 1 is 1.26 bits per heavy atom. The zero-order valence-corrected chi connectivity index (χ0v) is 11.8. The third-order valence-corrected chi connectivity index (χ3v) is 3.86. The monoisotopic (exact) mass is 273 g/mol. The highest BCUT2D eigenvalue weighted by molar-refractivity contribution is 7.09. The molecular weight excluding hydrogens is 258 g/mol. The summed E-state index contributed by atoms with van der Waals surface area (Å²) in [6, 6.07) is 4.13. The summed E-state index contributed by atoms with van der Waals surface area (Å²) in [7, 11) is 0. The largest absolute Gasteiger partial charge is 0.434 e. The summed E-state index contributed by atoms with van der Waals surface area (Å²) in [5, 5.41) is 2.99. The van der Waals surface area contributed by atoms with Crippen LogP contribution in [0.15, 0.2) is 21.9 Å². The zero-order chi connectivity index (χ0) is 13.4. The molecule has 0 atom stereocenters. The van der Waals surface area contributed by atoms with Crippen molar-refractivity contribution < 1.29 is 4.42 Å². The van der Waals surface area contributed by atoms with E-state index in [2.05, 4.69) is 23.0 Å². The Hall–Kier alpha value is -1.72. The van der Waals surface area contributed by atoms with Gasteiger partial charge >= 0.3 is 0 Å². The third-order valence-electron chi connectivity index (χ3n) is 2.95. The topological polar surface area (TPSA) is 64.9 Å². The Morgan fingerprint density at radius 2 is 2.11 bits per heavy atom. The van der Waals surface area contributed by atoms with E-state index in [9.17, 15) is 0 Å². The molecule has 0 aliphatic rings. The van der Waals surface area contributed by atoms with Gasteiger partial charge in [-0.1, -0.05) is 6.07 Å². The van der Waals surface area contributed by atoms with Crippen molar-refractivity contribution in [3.8, 4) is 11.6 Å². The summed E-state index contributed by atoms with van der Waals surface area (Å²) in [5.74, 6) is 0.586. The summed E-state index contributed by atoms with van der Waals surface area (Å²) in [6.45, 7) is 4.70. The van der Waals surface area contributed by atoms with E-state index in [1.165, 1.54) is 5.56 Å². The lowest BCUT2D eigenvalue weighted by atomic mass is 10.1. The van der Waals surface area contributed by atoms with Gasteiger partial charge in [-0.05, 0) is 37.6 Å². The minimum absolute atomic E-state index is 0.586. The van der Waals surface area contributed by atoms with E-state index in [0.717, 1.165) is 33.8 Å². The van der Waals surface area contributed by atoms with Crippen LogP contribution in [0.3, 0.4) is 0 Å². The van der Waals surface area contributed by atoms with Gasteiger partial charge in [0.25, 0.3) is 0 Å². The molecule has 19 heavy (non-hydrogen) atoms. The van der Waals surface area contributed by atoms with Crippen molar-refractivity contribution in [3.63, 3.8) is 0 Å². The minimum atomic E-state index is 0.586. The Kier molecular flexibility index (Phi) is 3.08. The quantitative estimate of drug-likeness (QED) is 0.796. The molecule has 0 unspecified atom stereocenters. The number of oxazole rings is 1. The fourth-order valence-corrected chi connectivity index (χ4v) is 2.92. The average molecular weight is 273 g/mol. The molecule has 0 amide bonds. The van der Waals surface area contributed by atoms with E-state index in [0.29, 0.717) is 12.4 Å². The molecular formula is C14H15N3OS. The molecule has 3 rings (SSSR count). The lowest BCUT2D eigenvalue weighted by molar-refractivity contribution is 0.614. The van der Waals surface area contributed by atoms with E-state index >= 15 is 0 Å². The van der Waals surface area contributed by atoms with Crippen LogP contribution in [-0.2, 0) is 6.42 Å². The maximum Gasteiger partial charge on any atom is 0.247 e. The molecule has 0 fully saturated rings. The van der Waals surface area contributed by atoms with Gasteiger partial charge in [0.15, 0.2) is 5.58 Å². The maximum atomic E-state index is 5.83. The van der Waals surface area contributed by atoms with Gasteiger partial charge in [0, 0.05) is 11.8 Å². The van der Waals surface area contributed by atoms with Crippen molar-refractivity contribution in [1.82, 2.24) is 9.97 Å². The smallest absolute Gasteiger partial charge is 0.247 e. The van der Waals surface area contributed by atoms with Crippen LogP contribution in [0.25, 0.3) is 22.7 Å². The van der Waals surface area contributed by atoms with Crippen LogP contribution in [0.5, 0.6) is 0 Å². The number of nitrogens with two attached hydrogens (primary N) is 1. The van der Waals surface area contributed by atoms with Crippen molar-refractivity contribution >= 4 is 22.4 Å². The Morgan fingerprint density at radius 3 is 2.89 bits per heavy atom. The number of nitrogens with zero attached hydrogens (tertiary/aromatic N) is 2. The molecule has 1 aromatic carbocycles. The second kappa shape index (κ2) is 4.75. The first-order valence-corrected chi connectivity index (χ1v) is 7.08. The molecule has 5 heteroatoms. The second-order valence-corrected chi connectivity index (χ2v) is 5.56. The van der Waals surface area contributed by atoms with Crippen LogP contribution in [0, 0.1) is 13.8 Å². The number of benzene rings is 1. The number of aromatic nitrogens is 2. The fraction of sp³-hybridized carbons (Fsp3) is 0.286. The highest BCUT2D eigenvalue weighted by atomic mass is 32.1. The SMILES string of the molecule is Cc1cc(C)c2oc(-c3csc(CCN)n3)nc2c1. The van der Waals surface area contributed by atoms with Crippen LogP contribution < -0.4 is 5.73 Å². The van der Waals surface area contributed by atoms with Gasteiger partial charge in [-0.3, -0.25) is 0 Å². The van der Waals surface area contributed by atoms with Gasteiger partial charge < -0.3 is 10.2 Å². The van der Waals surface area contributed by atoms with Crippen molar-refractivity contribution in [2.24, 2.45) is 5.73 Å². The first kappa shape index (κ1) is 12.3. The fourth-order valence-electron chi connectivity index (χ4n) is 2.13. The normalized spacial score (nSPS) is 11.3. The number of fused-ring (bicyclic) bond motifs is 1. The Labute approximate surface area is 115 Å². The molecule has 0 radical (unpaired) electrons. The predicted octanol–water partition coefficient (Wildman–Crippen LogP) is 3.07. The van der Waals surface area contributed by atoms with Crippen molar-refractivity contribution in [2.75, 3.05) is 6.54 Å².